The van der Waals surface area contributed by atoms with Crippen molar-refractivity contribution in [2.24, 2.45) is 0 Å². The normalized spacial score (nSPS) is 17.8. The summed E-state index contributed by atoms with van der Waals surface area (Å²) in [6.07, 6.45) is 9.47. The average molecular weight is 472 g/mol. The largest absolute Gasteiger partial charge is 0.384 e. The smallest absolute Gasteiger partial charge is 0.165 e. The molecule has 6 rings (SSSR count). The molecule has 2 aliphatic rings. The lowest BCUT2D eigenvalue weighted by Crippen LogP contribution is -2.37. The van der Waals surface area contributed by atoms with Gasteiger partial charge < -0.3 is 15.4 Å². The van der Waals surface area contributed by atoms with E-state index in [1.54, 1.807) is 12.3 Å². The van der Waals surface area contributed by atoms with Gasteiger partial charge in [-0.25, -0.2) is 19.6 Å². The van der Waals surface area contributed by atoms with Crippen LogP contribution in [-0.2, 0) is 11.3 Å². The fourth-order valence-electron chi connectivity index (χ4n) is 4.93. The SMILES string of the molecule is Nc1ccc(-c2nc(N3CCOCC3)c3cnn(C4CCN(Cc5cccnc5)CC4)c3n2)cn1. The molecule has 10 nitrogen and oxygen atoms in total. The number of ether oxygens (including phenoxy) is 1. The van der Waals surface area contributed by atoms with Crippen LogP contribution in [-0.4, -0.2) is 74.0 Å². The van der Waals surface area contributed by atoms with Gasteiger partial charge in [-0.05, 0) is 36.6 Å². The van der Waals surface area contributed by atoms with Crippen LogP contribution >= 0.6 is 0 Å². The van der Waals surface area contributed by atoms with Crippen LogP contribution in [0.2, 0.25) is 0 Å². The third kappa shape index (κ3) is 4.54. The van der Waals surface area contributed by atoms with E-state index in [0.717, 1.165) is 68.0 Å². The lowest BCUT2D eigenvalue weighted by molar-refractivity contribution is 0.122. The van der Waals surface area contributed by atoms with Gasteiger partial charge in [-0.2, -0.15) is 5.10 Å². The number of morpholine rings is 1. The van der Waals surface area contributed by atoms with Crippen LogP contribution in [0, 0.1) is 0 Å². The number of fused-ring (bicyclic) bond motifs is 1. The van der Waals surface area contributed by atoms with Crippen molar-refractivity contribution in [2.45, 2.75) is 25.4 Å². The highest BCUT2D eigenvalue weighted by atomic mass is 16.5. The van der Waals surface area contributed by atoms with E-state index >= 15 is 0 Å². The highest BCUT2D eigenvalue weighted by Gasteiger charge is 2.26. The van der Waals surface area contributed by atoms with Crippen molar-refractivity contribution in [1.29, 1.82) is 0 Å². The zero-order valence-electron chi connectivity index (χ0n) is 19.6. The summed E-state index contributed by atoms with van der Waals surface area (Å²) in [4.78, 5) is 23.2. The summed E-state index contributed by atoms with van der Waals surface area (Å²) in [6, 6.07) is 8.13. The number of nitrogens with zero attached hydrogens (tertiary/aromatic N) is 8. The van der Waals surface area contributed by atoms with Crippen LogP contribution < -0.4 is 10.6 Å². The lowest BCUT2D eigenvalue weighted by Gasteiger charge is -2.32. The Balaban J connectivity index is 1.31. The highest BCUT2D eigenvalue weighted by Crippen LogP contribution is 2.32. The maximum absolute atomic E-state index is 5.81. The van der Waals surface area contributed by atoms with Gasteiger partial charge in [0, 0.05) is 56.9 Å². The van der Waals surface area contributed by atoms with Crippen molar-refractivity contribution < 1.29 is 4.74 Å². The van der Waals surface area contributed by atoms with E-state index in [1.165, 1.54) is 5.56 Å². The number of hydrogen-bond donors (Lipinski definition) is 1. The number of piperidine rings is 1. The number of pyridine rings is 2. The topological polar surface area (TPSA) is 111 Å². The molecule has 4 aromatic heterocycles. The van der Waals surface area contributed by atoms with Gasteiger partial charge in [0.05, 0.1) is 30.8 Å². The second-order valence-corrected chi connectivity index (χ2v) is 9.14. The van der Waals surface area contributed by atoms with Gasteiger partial charge in [-0.1, -0.05) is 6.07 Å². The average Bonchev–Trinajstić information content (AvgIpc) is 3.34. The van der Waals surface area contributed by atoms with E-state index in [1.807, 2.05) is 30.7 Å². The minimum Gasteiger partial charge on any atom is -0.384 e. The molecule has 10 heteroatoms. The van der Waals surface area contributed by atoms with Gasteiger partial charge in [0.1, 0.15) is 11.6 Å². The summed E-state index contributed by atoms with van der Waals surface area (Å²) in [5, 5.41) is 5.81. The molecule has 6 heterocycles. The molecule has 0 aliphatic carbocycles. The molecule has 0 bridgehead atoms. The van der Waals surface area contributed by atoms with Gasteiger partial charge in [0.15, 0.2) is 11.5 Å². The Hall–Kier alpha value is -3.63. The molecule has 2 aliphatic heterocycles. The van der Waals surface area contributed by atoms with Gasteiger partial charge in [0.2, 0.25) is 0 Å². The molecule has 0 amide bonds. The Labute approximate surface area is 203 Å². The van der Waals surface area contributed by atoms with Gasteiger partial charge in [-0.15, -0.1) is 0 Å². The number of likely N-dealkylation sites (tertiary alicyclic amines) is 1. The molecule has 0 saturated carbocycles. The zero-order valence-corrected chi connectivity index (χ0v) is 19.6. The number of hydrogen-bond acceptors (Lipinski definition) is 9. The molecule has 2 fully saturated rings. The van der Waals surface area contributed by atoms with Crippen molar-refractivity contribution in [2.75, 3.05) is 50.0 Å². The third-order valence-electron chi connectivity index (χ3n) is 6.82. The summed E-state index contributed by atoms with van der Waals surface area (Å²) >= 11 is 0. The second-order valence-electron chi connectivity index (χ2n) is 9.14. The molecule has 35 heavy (non-hydrogen) atoms. The fourth-order valence-corrected chi connectivity index (χ4v) is 4.93. The lowest BCUT2D eigenvalue weighted by atomic mass is 10.0. The van der Waals surface area contributed by atoms with Crippen molar-refractivity contribution in [3.05, 3.63) is 54.6 Å². The maximum atomic E-state index is 5.81. The Morgan fingerprint density at radius 1 is 0.971 bits per heavy atom. The molecule has 0 unspecified atom stereocenters. The van der Waals surface area contributed by atoms with E-state index in [4.69, 9.17) is 25.5 Å². The van der Waals surface area contributed by atoms with E-state index in [0.29, 0.717) is 30.9 Å². The third-order valence-corrected chi connectivity index (χ3v) is 6.82. The highest BCUT2D eigenvalue weighted by molar-refractivity contribution is 5.89. The minimum absolute atomic E-state index is 0.294. The zero-order chi connectivity index (χ0) is 23.6. The molecular formula is C25H29N9O. The predicted octanol–water partition coefficient (Wildman–Crippen LogP) is 2.54. The summed E-state index contributed by atoms with van der Waals surface area (Å²) in [7, 11) is 0. The maximum Gasteiger partial charge on any atom is 0.165 e. The first-order valence-electron chi connectivity index (χ1n) is 12.2. The molecule has 2 saturated heterocycles. The summed E-state index contributed by atoms with van der Waals surface area (Å²) in [6.45, 7) is 5.92. The first kappa shape index (κ1) is 21.9. The fraction of sp³-hybridized carbons (Fsp3) is 0.400. The summed E-state index contributed by atoms with van der Waals surface area (Å²) in [5.74, 6) is 2.03. The number of nitrogens with two attached hydrogens (primary N) is 1. The van der Waals surface area contributed by atoms with Crippen LogP contribution in [0.5, 0.6) is 0 Å². The van der Waals surface area contributed by atoms with Crippen LogP contribution in [0.1, 0.15) is 24.4 Å². The Morgan fingerprint density at radius 3 is 2.57 bits per heavy atom. The van der Waals surface area contributed by atoms with Crippen molar-refractivity contribution in [1.82, 2.24) is 34.6 Å². The number of nitrogen functional groups attached to an aromatic ring is 1. The summed E-state index contributed by atoms with van der Waals surface area (Å²) in [5.41, 5.74) is 8.78. The van der Waals surface area contributed by atoms with Crippen molar-refractivity contribution in [3.63, 3.8) is 0 Å². The van der Waals surface area contributed by atoms with Crippen LogP contribution in [0.3, 0.4) is 0 Å². The van der Waals surface area contributed by atoms with Gasteiger partial charge >= 0.3 is 0 Å². The molecule has 0 spiro atoms. The van der Waals surface area contributed by atoms with Crippen molar-refractivity contribution in [3.8, 4) is 11.4 Å². The standard InChI is InChI=1S/C25H29N9O/c26-22-4-3-19(15-28-22)23-30-24(33-10-12-35-13-11-33)21-16-29-34(25(21)31-23)20-5-8-32(9-6-20)17-18-2-1-7-27-14-18/h1-4,7,14-16,20H,5-6,8-13,17H2,(H2,26,28). The number of aromatic nitrogens is 6. The monoisotopic (exact) mass is 471 g/mol. The molecular weight excluding hydrogens is 442 g/mol. The van der Waals surface area contributed by atoms with Gasteiger partial charge in [-0.3, -0.25) is 9.88 Å². The first-order chi connectivity index (χ1) is 17.2. The van der Waals surface area contributed by atoms with Gasteiger partial charge in [0.25, 0.3) is 0 Å². The quantitative estimate of drug-likeness (QED) is 0.469. The van der Waals surface area contributed by atoms with Crippen LogP contribution in [0.25, 0.3) is 22.4 Å². The molecule has 0 radical (unpaired) electrons. The predicted molar refractivity (Wildman–Crippen MR) is 134 cm³/mol. The van der Waals surface area contributed by atoms with Crippen molar-refractivity contribution >= 4 is 22.7 Å². The molecule has 180 valence electrons. The Morgan fingerprint density at radius 2 is 1.83 bits per heavy atom. The Bertz CT molecular complexity index is 1280. The first-order valence-corrected chi connectivity index (χ1v) is 12.2. The van der Waals surface area contributed by atoms with E-state index in [2.05, 4.69) is 30.5 Å². The van der Waals surface area contributed by atoms with Crippen LogP contribution in [0.4, 0.5) is 11.6 Å². The summed E-state index contributed by atoms with van der Waals surface area (Å²) < 4.78 is 7.68. The molecule has 2 N–H and O–H groups in total. The Kier molecular flexibility index (Phi) is 5.97. The van der Waals surface area contributed by atoms with E-state index in [-0.39, 0.29) is 0 Å². The minimum atomic E-state index is 0.294. The van der Waals surface area contributed by atoms with Crippen LogP contribution in [0.15, 0.2) is 49.1 Å². The number of anilines is 2. The number of rotatable bonds is 5. The molecule has 0 aromatic carbocycles. The van der Waals surface area contributed by atoms with E-state index in [9.17, 15) is 0 Å². The second kappa shape index (κ2) is 9.55. The van der Waals surface area contributed by atoms with E-state index < -0.39 is 0 Å². The molecule has 0 atom stereocenters. The molecule has 4 aromatic rings.